The third-order valence-corrected chi connectivity index (χ3v) is 4.38. The highest BCUT2D eigenvalue weighted by Crippen LogP contribution is 2.29. The molecule has 1 amide bonds. The Morgan fingerprint density at radius 2 is 2.07 bits per heavy atom. The number of hydrogen-bond acceptors (Lipinski definition) is 6. The Kier molecular flexibility index (Phi) is 5.71. The van der Waals surface area contributed by atoms with Gasteiger partial charge in [0.1, 0.15) is 5.15 Å². The van der Waals surface area contributed by atoms with E-state index < -0.39 is 11.6 Å². The summed E-state index contributed by atoms with van der Waals surface area (Å²) in [7, 11) is 1.31. The Balaban J connectivity index is 1.65. The molecular formula is C19H18ClN3O4. The van der Waals surface area contributed by atoms with E-state index >= 15 is 0 Å². The average Bonchev–Trinajstić information content (AvgIpc) is 3.10. The SMILES string of the molecule is COC(=O)C1(Cc2ccccc2)CC(CNC(=O)c2ccnc(Cl)c2)=NO1. The lowest BCUT2D eigenvalue weighted by Crippen LogP contribution is -2.43. The predicted octanol–water partition coefficient (Wildman–Crippen LogP) is 2.40. The molecule has 140 valence electrons. The van der Waals surface area contributed by atoms with E-state index in [0.717, 1.165) is 5.56 Å². The monoisotopic (exact) mass is 387 g/mol. The van der Waals surface area contributed by atoms with Crippen molar-refractivity contribution < 1.29 is 19.2 Å². The molecule has 1 aromatic carbocycles. The molecule has 0 bridgehead atoms. The molecule has 2 aromatic rings. The number of rotatable bonds is 6. The summed E-state index contributed by atoms with van der Waals surface area (Å²) >= 11 is 5.80. The number of esters is 1. The van der Waals surface area contributed by atoms with E-state index in [4.69, 9.17) is 21.2 Å². The molecule has 0 saturated carbocycles. The van der Waals surface area contributed by atoms with Gasteiger partial charge >= 0.3 is 5.97 Å². The zero-order valence-corrected chi connectivity index (χ0v) is 15.4. The van der Waals surface area contributed by atoms with Crippen molar-refractivity contribution in [2.45, 2.75) is 18.4 Å². The lowest BCUT2D eigenvalue weighted by molar-refractivity contribution is -0.166. The van der Waals surface area contributed by atoms with Gasteiger partial charge in [-0.3, -0.25) is 4.79 Å². The molecule has 1 N–H and O–H groups in total. The molecule has 1 aliphatic heterocycles. The summed E-state index contributed by atoms with van der Waals surface area (Å²) in [6.07, 6.45) is 2.00. The van der Waals surface area contributed by atoms with E-state index in [1.54, 1.807) is 6.07 Å². The topological polar surface area (TPSA) is 89.9 Å². The minimum atomic E-state index is -1.23. The van der Waals surface area contributed by atoms with Gasteiger partial charge in [0.05, 0.1) is 19.4 Å². The Bertz CT molecular complexity index is 872. The second-order valence-electron chi connectivity index (χ2n) is 6.12. The highest BCUT2D eigenvalue weighted by molar-refractivity contribution is 6.29. The number of nitrogens with one attached hydrogen (secondary N) is 1. The Labute approximate surface area is 161 Å². The first-order valence-electron chi connectivity index (χ1n) is 8.28. The first-order chi connectivity index (χ1) is 13.0. The van der Waals surface area contributed by atoms with Crippen molar-refractivity contribution in [3.05, 3.63) is 64.9 Å². The maximum absolute atomic E-state index is 12.4. The van der Waals surface area contributed by atoms with Crippen LogP contribution in [0.4, 0.5) is 0 Å². The van der Waals surface area contributed by atoms with Crippen molar-refractivity contribution in [2.24, 2.45) is 5.16 Å². The van der Waals surface area contributed by atoms with E-state index in [0.29, 0.717) is 17.7 Å². The lowest BCUT2D eigenvalue weighted by Gasteiger charge is -2.23. The molecule has 8 heteroatoms. The number of aromatic nitrogens is 1. The summed E-state index contributed by atoms with van der Waals surface area (Å²) in [5.41, 5.74) is 0.633. The van der Waals surface area contributed by atoms with Gasteiger partial charge in [0.25, 0.3) is 5.91 Å². The number of amides is 1. The minimum Gasteiger partial charge on any atom is -0.466 e. The van der Waals surface area contributed by atoms with Crippen LogP contribution in [0, 0.1) is 0 Å². The zero-order chi connectivity index (χ0) is 19.3. The molecule has 1 atom stereocenters. The smallest absolute Gasteiger partial charge is 0.353 e. The van der Waals surface area contributed by atoms with Crippen LogP contribution >= 0.6 is 11.6 Å². The Morgan fingerprint density at radius 3 is 2.78 bits per heavy atom. The van der Waals surface area contributed by atoms with Crippen molar-refractivity contribution in [1.82, 2.24) is 10.3 Å². The predicted molar refractivity (Wildman–Crippen MR) is 99.6 cm³/mol. The van der Waals surface area contributed by atoms with Crippen LogP contribution in [0.1, 0.15) is 22.3 Å². The molecular weight excluding hydrogens is 370 g/mol. The maximum atomic E-state index is 12.4. The lowest BCUT2D eigenvalue weighted by atomic mass is 9.89. The fourth-order valence-corrected chi connectivity index (χ4v) is 3.03. The molecule has 0 radical (unpaired) electrons. The largest absolute Gasteiger partial charge is 0.466 e. The van der Waals surface area contributed by atoms with Gasteiger partial charge in [0.15, 0.2) is 0 Å². The first-order valence-corrected chi connectivity index (χ1v) is 8.66. The van der Waals surface area contributed by atoms with E-state index in [1.165, 1.54) is 19.4 Å². The van der Waals surface area contributed by atoms with Crippen LogP contribution < -0.4 is 5.32 Å². The third kappa shape index (κ3) is 4.43. The van der Waals surface area contributed by atoms with Gasteiger partial charge in [0, 0.05) is 24.6 Å². The van der Waals surface area contributed by atoms with Crippen molar-refractivity contribution in [2.75, 3.05) is 13.7 Å². The van der Waals surface area contributed by atoms with Gasteiger partial charge in [-0.25, -0.2) is 9.78 Å². The summed E-state index contributed by atoms with van der Waals surface area (Å²) in [6, 6.07) is 12.5. The summed E-state index contributed by atoms with van der Waals surface area (Å²) < 4.78 is 4.92. The molecule has 0 aliphatic carbocycles. The second kappa shape index (κ2) is 8.18. The fraction of sp³-hybridized carbons (Fsp3) is 0.263. The molecule has 27 heavy (non-hydrogen) atoms. The highest BCUT2D eigenvalue weighted by Gasteiger charge is 2.47. The maximum Gasteiger partial charge on any atom is 0.353 e. The third-order valence-electron chi connectivity index (χ3n) is 4.17. The van der Waals surface area contributed by atoms with Crippen LogP contribution in [-0.4, -0.2) is 41.8 Å². The Morgan fingerprint density at radius 1 is 1.30 bits per heavy atom. The normalized spacial score (nSPS) is 18.4. The van der Waals surface area contributed by atoms with Gasteiger partial charge in [-0.15, -0.1) is 0 Å². The number of methoxy groups -OCH3 is 1. The van der Waals surface area contributed by atoms with Gasteiger partial charge in [-0.2, -0.15) is 0 Å². The number of nitrogens with zero attached hydrogens (tertiary/aromatic N) is 2. The molecule has 7 nitrogen and oxygen atoms in total. The molecule has 0 spiro atoms. The first kappa shape index (κ1) is 18.8. The summed E-state index contributed by atoms with van der Waals surface area (Å²) in [5, 5.41) is 6.97. The van der Waals surface area contributed by atoms with Crippen LogP contribution in [-0.2, 0) is 20.8 Å². The fourth-order valence-electron chi connectivity index (χ4n) is 2.86. The number of carbonyl (C=O) groups is 2. The van der Waals surface area contributed by atoms with Gasteiger partial charge in [-0.1, -0.05) is 47.1 Å². The van der Waals surface area contributed by atoms with Crippen LogP contribution in [0.3, 0.4) is 0 Å². The summed E-state index contributed by atoms with van der Waals surface area (Å²) in [5.74, 6) is -0.821. The van der Waals surface area contributed by atoms with Crippen LogP contribution in [0.5, 0.6) is 0 Å². The van der Waals surface area contributed by atoms with Crippen molar-refractivity contribution >= 4 is 29.2 Å². The van der Waals surface area contributed by atoms with Crippen molar-refractivity contribution in [1.29, 1.82) is 0 Å². The number of pyridine rings is 1. The van der Waals surface area contributed by atoms with Gasteiger partial charge in [0.2, 0.25) is 5.60 Å². The highest BCUT2D eigenvalue weighted by atomic mass is 35.5. The average molecular weight is 388 g/mol. The van der Waals surface area contributed by atoms with Crippen LogP contribution in [0.2, 0.25) is 5.15 Å². The zero-order valence-electron chi connectivity index (χ0n) is 14.6. The molecule has 1 unspecified atom stereocenters. The number of halogens is 1. The summed E-state index contributed by atoms with van der Waals surface area (Å²) in [4.78, 5) is 33.9. The minimum absolute atomic E-state index is 0.145. The van der Waals surface area contributed by atoms with E-state index in [-0.39, 0.29) is 24.0 Å². The molecule has 0 saturated heterocycles. The van der Waals surface area contributed by atoms with Crippen molar-refractivity contribution in [3.63, 3.8) is 0 Å². The van der Waals surface area contributed by atoms with Gasteiger partial charge < -0.3 is 14.9 Å². The molecule has 0 fully saturated rings. The van der Waals surface area contributed by atoms with E-state index in [1.807, 2.05) is 30.3 Å². The molecule has 3 rings (SSSR count). The number of oxime groups is 1. The number of ether oxygens (including phenoxy) is 1. The van der Waals surface area contributed by atoms with Gasteiger partial charge in [-0.05, 0) is 17.7 Å². The standard InChI is InChI=1S/C19H18ClN3O4/c1-26-18(25)19(10-13-5-3-2-4-6-13)11-15(23-27-19)12-22-17(24)14-7-8-21-16(20)9-14/h2-9H,10-12H2,1H3,(H,22,24). The quantitative estimate of drug-likeness (QED) is 0.607. The summed E-state index contributed by atoms with van der Waals surface area (Å²) in [6.45, 7) is 0.145. The molecule has 1 aromatic heterocycles. The van der Waals surface area contributed by atoms with Crippen LogP contribution in [0.15, 0.2) is 53.8 Å². The second-order valence-corrected chi connectivity index (χ2v) is 6.51. The molecule has 2 heterocycles. The van der Waals surface area contributed by atoms with Crippen molar-refractivity contribution in [3.8, 4) is 0 Å². The number of hydrogen-bond donors (Lipinski definition) is 1. The number of benzene rings is 1. The van der Waals surface area contributed by atoms with E-state index in [9.17, 15) is 9.59 Å². The van der Waals surface area contributed by atoms with E-state index in [2.05, 4.69) is 15.5 Å². The number of carbonyl (C=O) groups excluding carboxylic acids is 2. The van der Waals surface area contributed by atoms with Crippen LogP contribution in [0.25, 0.3) is 0 Å². The Hall–Kier alpha value is -2.93. The molecule has 1 aliphatic rings.